The molecule has 2 saturated heterocycles. The van der Waals surface area contributed by atoms with Gasteiger partial charge in [-0.25, -0.2) is 0 Å². The van der Waals surface area contributed by atoms with Gasteiger partial charge in [0, 0.05) is 26.2 Å². The largest absolute Gasteiger partial charge is 0.392 e. The van der Waals surface area contributed by atoms with Gasteiger partial charge >= 0.3 is 0 Å². The number of morpholine rings is 1. The number of ether oxygens (including phenoxy) is 1. The van der Waals surface area contributed by atoms with Crippen molar-refractivity contribution >= 4 is 5.91 Å². The molecule has 1 N–H and O–H groups in total. The third kappa shape index (κ3) is 3.97. The van der Waals surface area contributed by atoms with Gasteiger partial charge < -0.3 is 14.7 Å². The average molecular weight is 332 g/mol. The molecule has 1 aromatic carbocycles. The summed E-state index contributed by atoms with van der Waals surface area (Å²) < 4.78 is 5.90. The van der Waals surface area contributed by atoms with Crippen molar-refractivity contribution in [3.63, 3.8) is 0 Å². The zero-order chi connectivity index (χ0) is 17.1. The van der Waals surface area contributed by atoms with Crippen molar-refractivity contribution in [3.05, 3.63) is 35.9 Å². The molecule has 0 aromatic heterocycles. The van der Waals surface area contributed by atoms with Crippen LogP contribution in [-0.4, -0.2) is 65.3 Å². The molecule has 0 aliphatic carbocycles. The molecular formula is C19H28N2O3. The molecular weight excluding hydrogens is 304 g/mol. The lowest BCUT2D eigenvalue weighted by Gasteiger charge is -2.36. The van der Waals surface area contributed by atoms with Gasteiger partial charge in [0.1, 0.15) is 0 Å². The molecule has 1 amide bonds. The van der Waals surface area contributed by atoms with Crippen molar-refractivity contribution in [2.75, 3.05) is 26.2 Å². The lowest BCUT2D eigenvalue weighted by atomic mass is 10.0. The SMILES string of the molecule is CC(C)C(O)CC(=O)N1CC2OCCN(Cc3ccccc3)C2C1. The highest BCUT2D eigenvalue weighted by atomic mass is 16.5. The Kier molecular flexibility index (Phi) is 5.54. The molecule has 2 aliphatic heterocycles. The maximum Gasteiger partial charge on any atom is 0.225 e. The Balaban J connectivity index is 1.61. The highest BCUT2D eigenvalue weighted by molar-refractivity contribution is 5.77. The lowest BCUT2D eigenvalue weighted by molar-refractivity contribution is -0.133. The predicted octanol–water partition coefficient (Wildman–Crippen LogP) is 1.51. The van der Waals surface area contributed by atoms with Gasteiger partial charge in [0.05, 0.1) is 31.3 Å². The molecule has 0 spiro atoms. The first-order chi connectivity index (χ1) is 11.5. The zero-order valence-electron chi connectivity index (χ0n) is 14.6. The van der Waals surface area contributed by atoms with E-state index < -0.39 is 6.10 Å². The average Bonchev–Trinajstić information content (AvgIpc) is 3.01. The number of fused-ring (bicyclic) bond motifs is 1. The fraction of sp³-hybridized carbons (Fsp3) is 0.632. The second-order valence-corrected chi connectivity index (χ2v) is 7.25. The van der Waals surface area contributed by atoms with Crippen LogP contribution >= 0.6 is 0 Å². The van der Waals surface area contributed by atoms with Gasteiger partial charge in [0.2, 0.25) is 5.91 Å². The van der Waals surface area contributed by atoms with Crippen LogP contribution in [0.15, 0.2) is 30.3 Å². The van der Waals surface area contributed by atoms with Crippen LogP contribution in [0.2, 0.25) is 0 Å². The standard InChI is InChI=1S/C19H28N2O3/c1-14(2)17(22)10-19(23)21-12-16-18(13-21)24-9-8-20(16)11-15-6-4-3-5-7-15/h3-7,14,16-18,22H,8-13H2,1-2H3. The highest BCUT2D eigenvalue weighted by Crippen LogP contribution is 2.25. The number of carbonyl (C=O) groups excluding carboxylic acids is 1. The minimum atomic E-state index is -0.568. The number of benzene rings is 1. The van der Waals surface area contributed by atoms with Gasteiger partial charge in [-0.1, -0.05) is 44.2 Å². The van der Waals surface area contributed by atoms with Crippen LogP contribution in [-0.2, 0) is 16.1 Å². The fourth-order valence-corrected chi connectivity index (χ4v) is 3.52. The molecule has 5 heteroatoms. The number of nitrogens with zero attached hydrogens (tertiary/aromatic N) is 2. The molecule has 2 aliphatic rings. The third-order valence-electron chi connectivity index (χ3n) is 5.15. The van der Waals surface area contributed by atoms with E-state index in [1.54, 1.807) is 0 Å². The molecule has 0 bridgehead atoms. The molecule has 2 fully saturated rings. The van der Waals surface area contributed by atoms with E-state index in [4.69, 9.17) is 4.74 Å². The van der Waals surface area contributed by atoms with Gasteiger partial charge in [-0.2, -0.15) is 0 Å². The number of hydrogen-bond donors (Lipinski definition) is 1. The molecule has 0 radical (unpaired) electrons. The maximum atomic E-state index is 12.5. The number of rotatable bonds is 5. The summed E-state index contributed by atoms with van der Waals surface area (Å²) in [6, 6.07) is 10.7. The topological polar surface area (TPSA) is 53.0 Å². The van der Waals surface area contributed by atoms with Gasteiger partial charge in [0.25, 0.3) is 0 Å². The minimum absolute atomic E-state index is 0.0360. The summed E-state index contributed by atoms with van der Waals surface area (Å²) >= 11 is 0. The Bertz CT molecular complexity index is 549. The van der Waals surface area contributed by atoms with E-state index in [-0.39, 0.29) is 30.4 Å². The van der Waals surface area contributed by atoms with Crippen molar-refractivity contribution in [1.29, 1.82) is 0 Å². The van der Waals surface area contributed by atoms with Gasteiger partial charge in [0.15, 0.2) is 0 Å². The quantitative estimate of drug-likeness (QED) is 0.888. The lowest BCUT2D eigenvalue weighted by Crippen LogP contribution is -2.50. The van der Waals surface area contributed by atoms with E-state index in [0.717, 1.165) is 13.1 Å². The summed E-state index contributed by atoms with van der Waals surface area (Å²) in [6.07, 6.45) is -0.278. The summed E-state index contributed by atoms with van der Waals surface area (Å²) in [5, 5.41) is 9.97. The Morgan fingerprint density at radius 3 is 2.75 bits per heavy atom. The smallest absolute Gasteiger partial charge is 0.225 e. The molecule has 132 valence electrons. The monoisotopic (exact) mass is 332 g/mol. The van der Waals surface area contributed by atoms with Crippen molar-refractivity contribution in [3.8, 4) is 0 Å². The van der Waals surface area contributed by atoms with Crippen LogP contribution in [0.3, 0.4) is 0 Å². The second kappa shape index (κ2) is 7.64. The number of carbonyl (C=O) groups is 1. The van der Waals surface area contributed by atoms with Crippen molar-refractivity contribution in [2.24, 2.45) is 5.92 Å². The van der Waals surface area contributed by atoms with Crippen LogP contribution in [0.1, 0.15) is 25.8 Å². The minimum Gasteiger partial charge on any atom is -0.392 e. The number of hydrogen-bond acceptors (Lipinski definition) is 4. The Labute approximate surface area is 144 Å². The summed E-state index contributed by atoms with van der Waals surface area (Å²) in [6.45, 7) is 7.71. The highest BCUT2D eigenvalue weighted by Gasteiger charge is 2.41. The van der Waals surface area contributed by atoms with Crippen molar-refractivity contribution < 1.29 is 14.6 Å². The van der Waals surface area contributed by atoms with Crippen molar-refractivity contribution in [2.45, 2.75) is 45.1 Å². The Hall–Kier alpha value is -1.43. The summed E-state index contributed by atoms with van der Waals surface area (Å²) in [7, 11) is 0. The van der Waals surface area contributed by atoms with Crippen LogP contribution in [0, 0.1) is 5.92 Å². The molecule has 2 heterocycles. The second-order valence-electron chi connectivity index (χ2n) is 7.25. The number of amides is 1. The first kappa shape index (κ1) is 17.4. The number of aliphatic hydroxyl groups excluding tert-OH is 1. The molecule has 1 aromatic rings. The van der Waals surface area contributed by atoms with E-state index >= 15 is 0 Å². The normalized spacial score (nSPS) is 25.8. The van der Waals surface area contributed by atoms with Gasteiger partial charge in [-0.05, 0) is 11.5 Å². The fourth-order valence-electron chi connectivity index (χ4n) is 3.52. The van der Waals surface area contributed by atoms with E-state index in [1.165, 1.54) is 5.56 Å². The molecule has 24 heavy (non-hydrogen) atoms. The van der Waals surface area contributed by atoms with Crippen LogP contribution in [0.25, 0.3) is 0 Å². The Morgan fingerprint density at radius 1 is 1.29 bits per heavy atom. The van der Waals surface area contributed by atoms with Gasteiger partial charge in [-0.3, -0.25) is 9.69 Å². The first-order valence-corrected chi connectivity index (χ1v) is 8.90. The summed E-state index contributed by atoms with van der Waals surface area (Å²) in [5.74, 6) is 0.138. The predicted molar refractivity (Wildman–Crippen MR) is 92.4 cm³/mol. The maximum absolute atomic E-state index is 12.5. The number of likely N-dealkylation sites (tertiary alicyclic amines) is 1. The van der Waals surface area contributed by atoms with Crippen LogP contribution in [0.4, 0.5) is 0 Å². The van der Waals surface area contributed by atoms with E-state index in [9.17, 15) is 9.90 Å². The van der Waals surface area contributed by atoms with E-state index in [0.29, 0.717) is 19.7 Å². The molecule has 0 saturated carbocycles. The molecule has 3 atom stereocenters. The summed E-state index contributed by atoms with van der Waals surface area (Å²) in [5.41, 5.74) is 1.29. The molecule has 3 rings (SSSR count). The van der Waals surface area contributed by atoms with Crippen LogP contribution in [0.5, 0.6) is 0 Å². The molecule has 5 nitrogen and oxygen atoms in total. The van der Waals surface area contributed by atoms with Crippen molar-refractivity contribution in [1.82, 2.24) is 9.80 Å². The number of aliphatic hydroxyl groups is 1. The third-order valence-corrected chi connectivity index (χ3v) is 5.15. The van der Waals surface area contributed by atoms with Crippen LogP contribution < -0.4 is 0 Å². The van der Waals surface area contributed by atoms with E-state index in [2.05, 4.69) is 29.2 Å². The van der Waals surface area contributed by atoms with Gasteiger partial charge in [-0.15, -0.1) is 0 Å². The first-order valence-electron chi connectivity index (χ1n) is 8.90. The van der Waals surface area contributed by atoms with E-state index in [1.807, 2.05) is 24.8 Å². The molecule has 3 unspecified atom stereocenters. The zero-order valence-corrected chi connectivity index (χ0v) is 14.6. The summed E-state index contributed by atoms with van der Waals surface area (Å²) in [4.78, 5) is 16.8. The Morgan fingerprint density at radius 2 is 2.04 bits per heavy atom.